The van der Waals surface area contributed by atoms with E-state index in [9.17, 15) is 0 Å². The zero-order valence-corrected chi connectivity index (χ0v) is 18.4. The van der Waals surface area contributed by atoms with Gasteiger partial charge in [0.2, 0.25) is 0 Å². The Labute approximate surface area is 188 Å². The van der Waals surface area contributed by atoms with Crippen molar-refractivity contribution in [3.8, 4) is 5.69 Å². The lowest BCUT2D eigenvalue weighted by atomic mass is 9.96. The lowest BCUT2D eigenvalue weighted by molar-refractivity contribution is 0.565. The number of nitrogens with zero attached hydrogens (tertiary/aromatic N) is 3. The fourth-order valence-electron chi connectivity index (χ4n) is 4.60. The molecule has 2 aromatic heterocycles. The van der Waals surface area contributed by atoms with E-state index in [-0.39, 0.29) is 12.1 Å². The molecule has 5 heteroatoms. The highest BCUT2D eigenvalue weighted by Crippen LogP contribution is 2.43. The normalized spacial score (nSPS) is 18.3. The van der Waals surface area contributed by atoms with Gasteiger partial charge >= 0.3 is 0 Å². The van der Waals surface area contributed by atoms with Gasteiger partial charge in [0, 0.05) is 29.0 Å². The Balaban J connectivity index is 1.68. The molecule has 1 N–H and O–H groups in total. The van der Waals surface area contributed by atoms with Crippen molar-refractivity contribution in [3.05, 3.63) is 114 Å². The van der Waals surface area contributed by atoms with Crippen molar-refractivity contribution in [1.29, 1.82) is 0 Å². The lowest BCUT2D eigenvalue weighted by Crippen LogP contribution is -2.29. The van der Waals surface area contributed by atoms with E-state index in [0.717, 1.165) is 22.2 Å². The van der Waals surface area contributed by atoms with Crippen LogP contribution in [0.4, 0.5) is 5.69 Å². The molecule has 4 aromatic rings. The molecule has 1 saturated heterocycles. The molecule has 1 aliphatic heterocycles. The fourth-order valence-corrected chi connectivity index (χ4v) is 4.94. The molecule has 3 heterocycles. The first-order valence-electron chi connectivity index (χ1n) is 10.4. The summed E-state index contributed by atoms with van der Waals surface area (Å²) in [7, 11) is 0. The largest absolute Gasteiger partial charge is 0.351 e. The Morgan fingerprint density at radius 3 is 2.13 bits per heavy atom. The average molecular weight is 425 g/mol. The molecule has 2 aromatic carbocycles. The standard InChI is InChI=1S/C26H24N4S/c1-18-17-22(19(2)29(18)20-11-5-3-6-12-20)25-24(23-15-9-10-16-27-23)28-26(31)30(25)21-13-7-4-8-14-21/h3-17,24-25H,1-2H3,(H,28,31)/t24-,25+/m1/s1. The number of para-hydroxylation sites is 2. The number of benzene rings is 2. The third-order valence-electron chi connectivity index (χ3n) is 5.94. The number of rotatable bonds is 4. The molecule has 1 aliphatic rings. The molecule has 154 valence electrons. The number of thiocarbonyl (C=S) groups is 1. The first kappa shape index (κ1) is 19.5. The van der Waals surface area contributed by atoms with Crippen LogP contribution in [0, 0.1) is 13.8 Å². The van der Waals surface area contributed by atoms with Crippen molar-refractivity contribution in [2.24, 2.45) is 0 Å². The zero-order chi connectivity index (χ0) is 21.4. The number of aryl methyl sites for hydroxylation is 1. The molecule has 0 unspecified atom stereocenters. The smallest absolute Gasteiger partial charge is 0.174 e. The van der Waals surface area contributed by atoms with Gasteiger partial charge in [0.25, 0.3) is 0 Å². The van der Waals surface area contributed by atoms with Gasteiger partial charge in [-0.3, -0.25) is 4.98 Å². The highest BCUT2D eigenvalue weighted by molar-refractivity contribution is 7.80. The van der Waals surface area contributed by atoms with E-state index in [1.165, 1.54) is 17.0 Å². The van der Waals surface area contributed by atoms with Gasteiger partial charge in [0.05, 0.1) is 17.8 Å². The maximum Gasteiger partial charge on any atom is 0.174 e. The molecule has 0 aliphatic carbocycles. The van der Waals surface area contributed by atoms with Gasteiger partial charge in [-0.25, -0.2) is 0 Å². The fraction of sp³-hybridized carbons (Fsp3) is 0.154. The van der Waals surface area contributed by atoms with E-state index < -0.39 is 0 Å². The van der Waals surface area contributed by atoms with Crippen LogP contribution in [0.5, 0.6) is 0 Å². The van der Waals surface area contributed by atoms with Crippen molar-refractivity contribution in [1.82, 2.24) is 14.9 Å². The molecule has 1 fully saturated rings. The Hall–Kier alpha value is -3.44. The van der Waals surface area contributed by atoms with Crippen LogP contribution in [0.15, 0.2) is 91.1 Å². The average Bonchev–Trinajstić information content (AvgIpc) is 3.30. The minimum absolute atomic E-state index is 0.00605. The molecule has 0 radical (unpaired) electrons. The van der Waals surface area contributed by atoms with E-state index in [1.54, 1.807) is 0 Å². The van der Waals surface area contributed by atoms with Crippen LogP contribution in [0.25, 0.3) is 5.69 Å². The van der Waals surface area contributed by atoms with Gasteiger partial charge in [-0.15, -0.1) is 0 Å². The topological polar surface area (TPSA) is 33.1 Å². The summed E-state index contributed by atoms with van der Waals surface area (Å²) in [4.78, 5) is 6.89. The molecular formula is C26H24N4S. The van der Waals surface area contributed by atoms with E-state index in [0.29, 0.717) is 0 Å². The Morgan fingerprint density at radius 1 is 0.839 bits per heavy atom. The summed E-state index contributed by atoms with van der Waals surface area (Å²) >= 11 is 5.83. The number of anilines is 1. The molecular weight excluding hydrogens is 400 g/mol. The number of pyridine rings is 1. The van der Waals surface area contributed by atoms with Crippen LogP contribution in [0.2, 0.25) is 0 Å². The Kier molecular flexibility index (Phi) is 5.04. The molecule has 0 bridgehead atoms. The monoisotopic (exact) mass is 424 g/mol. The number of aromatic nitrogens is 2. The van der Waals surface area contributed by atoms with Crippen molar-refractivity contribution >= 4 is 23.0 Å². The third kappa shape index (κ3) is 3.41. The lowest BCUT2D eigenvalue weighted by Gasteiger charge is -2.28. The van der Waals surface area contributed by atoms with Crippen LogP contribution in [-0.4, -0.2) is 14.7 Å². The first-order chi connectivity index (χ1) is 15.1. The van der Waals surface area contributed by atoms with Gasteiger partial charge in [-0.2, -0.15) is 0 Å². The summed E-state index contributed by atoms with van der Waals surface area (Å²) in [5, 5.41) is 4.27. The van der Waals surface area contributed by atoms with Crippen LogP contribution >= 0.6 is 12.2 Å². The highest BCUT2D eigenvalue weighted by atomic mass is 32.1. The summed E-state index contributed by atoms with van der Waals surface area (Å²) in [6, 6.07) is 29.1. The van der Waals surface area contributed by atoms with Gasteiger partial charge in [-0.05, 0) is 74.1 Å². The van der Waals surface area contributed by atoms with Crippen molar-refractivity contribution in [3.63, 3.8) is 0 Å². The molecule has 0 saturated carbocycles. The maximum absolute atomic E-state index is 5.83. The second kappa shape index (κ2) is 8.00. The van der Waals surface area contributed by atoms with Crippen molar-refractivity contribution in [2.45, 2.75) is 25.9 Å². The summed E-state index contributed by atoms with van der Waals surface area (Å²) < 4.78 is 2.31. The summed E-state index contributed by atoms with van der Waals surface area (Å²) in [6.07, 6.45) is 1.84. The van der Waals surface area contributed by atoms with Gasteiger partial charge < -0.3 is 14.8 Å². The van der Waals surface area contributed by atoms with Crippen LogP contribution in [0.1, 0.15) is 34.7 Å². The minimum atomic E-state index is -0.0429. The predicted molar refractivity (Wildman–Crippen MR) is 130 cm³/mol. The Bertz CT molecular complexity index is 1200. The minimum Gasteiger partial charge on any atom is -0.351 e. The number of hydrogen-bond donors (Lipinski definition) is 1. The van der Waals surface area contributed by atoms with Crippen LogP contribution in [0.3, 0.4) is 0 Å². The van der Waals surface area contributed by atoms with Crippen molar-refractivity contribution in [2.75, 3.05) is 4.90 Å². The molecule has 4 nitrogen and oxygen atoms in total. The summed E-state index contributed by atoms with van der Waals surface area (Å²) in [6.45, 7) is 4.35. The summed E-state index contributed by atoms with van der Waals surface area (Å²) in [5.74, 6) is 0. The van der Waals surface area contributed by atoms with E-state index in [1.807, 2.05) is 30.5 Å². The molecule has 2 atom stereocenters. The van der Waals surface area contributed by atoms with E-state index in [4.69, 9.17) is 12.2 Å². The Morgan fingerprint density at radius 2 is 1.48 bits per heavy atom. The maximum atomic E-state index is 5.83. The molecule has 0 amide bonds. The van der Waals surface area contributed by atoms with Crippen molar-refractivity contribution < 1.29 is 0 Å². The third-order valence-corrected chi connectivity index (χ3v) is 6.25. The van der Waals surface area contributed by atoms with Gasteiger partial charge in [0.1, 0.15) is 0 Å². The second-order valence-electron chi connectivity index (χ2n) is 7.83. The number of nitrogens with one attached hydrogen (secondary N) is 1. The molecule has 31 heavy (non-hydrogen) atoms. The van der Waals surface area contributed by atoms with Crippen LogP contribution < -0.4 is 10.2 Å². The van der Waals surface area contributed by atoms with E-state index in [2.05, 4.69) is 94.3 Å². The SMILES string of the molecule is Cc1cc([C@H]2[C@@H](c3ccccn3)NC(=S)N2c2ccccc2)c(C)n1-c1ccccc1. The van der Waals surface area contributed by atoms with Crippen LogP contribution in [-0.2, 0) is 0 Å². The predicted octanol–water partition coefficient (Wildman–Crippen LogP) is 5.67. The zero-order valence-electron chi connectivity index (χ0n) is 17.6. The molecule has 5 rings (SSSR count). The van der Waals surface area contributed by atoms with Gasteiger partial charge in [0.15, 0.2) is 5.11 Å². The van der Waals surface area contributed by atoms with E-state index >= 15 is 0 Å². The molecule has 0 spiro atoms. The van der Waals surface area contributed by atoms with Gasteiger partial charge in [-0.1, -0.05) is 42.5 Å². The summed E-state index contributed by atoms with van der Waals surface area (Å²) in [5.41, 5.74) is 6.88. The second-order valence-corrected chi connectivity index (χ2v) is 8.22. The highest BCUT2D eigenvalue weighted by Gasteiger charge is 2.42. The quantitative estimate of drug-likeness (QED) is 0.428. The first-order valence-corrected chi connectivity index (χ1v) is 10.9. The number of hydrogen-bond acceptors (Lipinski definition) is 2.